The van der Waals surface area contributed by atoms with Gasteiger partial charge in [0, 0.05) is 18.9 Å². The van der Waals surface area contributed by atoms with Crippen LogP contribution in [0, 0.1) is 17.6 Å². The number of nitrogens with zero attached hydrogens (tertiary/aromatic N) is 3. The van der Waals surface area contributed by atoms with Gasteiger partial charge in [0.2, 0.25) is 11.9 Å². The second-order valence-electron chi connectivity index (χ2n) is 7.02. The first-order valence-electron chi connectivity index (χ1n) is 8.91. The molecule has 0 spiro atoms. The van der Waals surface area contributed by atoms with Gasteiger partial charge in [0.15, 0.2) is 17.5 Å². The first-order chi connectivity index (χ1) is 12.5. The first-order valence-corrected chi connectivity index (χ1v) is 8.91. The van der Waals surface area contributed by atoms with Gasteiger partial charge in [-0.25, -0.2) is 13.5 Å². The van der Waals surface area contributed by atoms with Crippen LogP contribution in [-0.4, -0.2) is 33.8 Å². The molecular weight excluding hydrogens is 376 g/mol. The van der Waals surface area contributed by atoms with E-state index in [2.05, 4.69) is 20.7 Å². The van der Waals surface area contributed by atoms with E-state index >= 15 is 0 Å². The normalized spacial score (nSPS) is 22.2. The van der Waals surface area contributed by atoms with Crippen LogP contribution in [0.15, 0.2) is 18.2 Å². The second-order valence-corrected chi connectivity index (χ2v) is 7.02. The largest absolute Gasteiger partial charge is 0.317 e. The predicted molar refractivity (Wildman–Crippen MR) is 98.9 cm³/mol. The molecule has 1 aromatic carbocycles. The number of halogens is 3. The fraction of sp³-hybridized carbons (Fsp3) is 0.500. The summed E-state index contributed by atoms with van der Waals surface area (Å²) in [7, 11) is 1.74. The molecule has 0 bridgehead atoms. The molecule has 1 amide bonds. The van der Waals surface area contributed by atoms with E-state index in [-0.39, 0.29) is 35.7 Å². The molecule has 1 aliphatic heterocycles. The minimum absolute atomic E-state index is 0. The molecule has 2 aliphatic rings. The molecule has 2 aromatic rings. The Morgan fingerprint density at radius 2 is 2.04 bits per heavy atom. The second kappa shape index (κ2) is 7.90. The fourth-order valence-corrected chi connectivity index (χ4v) is 3.60. The Bertz CT molecular complexity index is 837. The van der Waals surface area contributed by atoms with Crippen LogP contribution in [-0.2, 0) is 11.8 Å². The lowest BCUT2D eigenvalue weighted by Gasteiger charge is -2.19. The van der Waals surface area contributed by atoms with Crippen molar-refractivity contribution in [3.63, 3.8) is 0 Å². The Hall–Kier alpha value is -2.06. The van der Waals surface area contributed by atoms with Crippen molar-refractivity contribution in [3.8, 4) is 0 Å². The van der Waals surface area contributed by atoms with Gasteiger partial charge in [0.25, 0.3) is 0 Å². The molecule has 6 nitrogen and oxygen atoms in total. The van der Waals surface area contributed by atoms with Crippen molar-refractivity contribution < 1.29 is 13.6 Å². The number of nitrogens with one attached hydrogen (secondary N) is 2. The third-order valence-electron chi connectivity index (χ3n) is 5.23. The summed E-state index contributed by atoms with van der Waals surface area (Å²) in [6, 6.07) is 4.08. The lowest BCUT2D eigenvalue weighted by atomic mass is 9.98. The Morgan fingerprint density at radius 3 is 2.78 bits per heavy atom. The monoisotopic (exact) mass is 397 g/mol. The highest BCUT2D eigenvalue weighted by atomic mass is 35.5. The number of rotatable bonds is 4. The number of anilines is 1. The molecule has 2 atom stereocenters. The Morgan fingerprint density at radius 1 is 1.30 bits per heavy atom. The molecule has 146 valence electrons. The van der Waals surface area contributed by atoms with E-state index in [1.54, 1.807) is 11.7 Å². The summed E-state index contributed by atoms with van der Waals surface area (Å²) in [6.07, 6.45) is 2.45. The van der Waals surface area contributed by atoms with Gasteiger partial charge >= 0.3 is 0 Å². The Balaban J connectivity index is 0.00000210. The number of benzene rings is 1. The lowest BCUT2D eigenvalue weighted by molar-refractivity contribution is -0.117. The van der Waals surface area contributed by atoms with Crippen molar-refractivity contribution >= 4 is 24.3 Å². The topological polar surface area (TPSA) is 71.8 Å². The summed E-state index contributed by atoms with van der Waals surface area (Å²) >= 11 is 0. The maximum absolute atomic E-state index is 13.9. The van der Waals surface area contributed by atoms with Gasteiger partial charge in [-0.2, -0.15) is 10.1 Å². The van der Waals surface area contributed by atoms with Crippen molar-refractivity contribution in [3.05, 3.63) is 41.2 Å². The van der Waals surface area contributed by atoms with Crippen molar-refractivity contribution in [2.75, 3.05) is 18.4 Å². The molecule has 1 aliphatic carbocycles. The van der Waals surface area contributed by atoms with Gasteiger partial charge in [-0.15, -0.1) is 12.4 Å². The number of amides is 1. The minimum Gasteiger partial charge on any atom is -0.317 e. The van der Waals surface area contributed by atoms with E-state index < -0.39 is 11.6 Å². The van der Waals surface area contributed by atoms with Crippen LogP contribution in [0.2, 0.25) is 0 Å². The van der Waals surface area contributed by atoms with Gasteiger partial charge < -0.3 is 5.32 Å². The zero-order chi connectivity index (χ0) is 18.3. The van der Waals surface area contributed by atoms with Crippen LogP contribution in [0.1, 0.15) is 42.5 Å². The van der Waals surface area contributed by atoms with Crippen molar-refractivity contribution in [2.24, 2.45) is 13.0 Å². The summed E-state index contributed by atoms with van der Waals surface area (Å²) in [5, 5.41) is 10.5. The molecule has 1 saturated heterocycles. The van der Waals surface area contributed by atoms with E-state index in [4.69, 9.17) is 0 Å². The number of carbonyl (C=O) groups is 1. The average Bonchev–Trinajstić information content (AvgIpc) is 3.36. The Kier molecular flexibility index (Phi) is 5.76. The molecule has 2 unspecified atom stereocenters. The summed E-state index contributed by atoms with van der Waals surface area (Å²) in [5.41, 5.74) is 0.263. The maximum Gasteiger partial charge on any atom is 0.230 e. The van der Waals surface area contributed by atoms with Gasteiger partial charge in [0.1, 0.15) is 0 Å². The van der Waals surface area contributed by atoms with Crippen molar-refractivity contribution in [1.29, 1.82) is 0 Å². The molecule has 0 radical (unpaired) electrons. The summed E-state index contributed by atoms with van der Waals surface area (Å²) in [4.78, 5) is 16.9. The zero-order valence-corrected chi connectivity index (χ0v) is 15.7. The number of hydrogen-bond donors (Lipinski definition) is 2. The number of hydrogen-bond acceptors (Lipinski definition) is 4. The quantitative estimate of drug-likeness (QED) is 0.832. The fourth-order valence-electron chi connectivity index (χ4n) is 3.60. The number of piperidine rings is 1. The number of carbonyl (C=O) groups excluding carboxylic acids is 1. The minimum atomic E-state index is -0.881. The number of aryl methyl sites for hydroxylation is 1. The highest BCUT2D eigenvalue weighted by molar-refractivity contribution is 5.93. The van der Waals surface area contributed by atoms with E-state index in [1.165, 1.54) is 12.1 Å². The third-order valence-corrected chi connectivity index (χ3v) is 5.23. The molecule has 1 saturated carbocycles. The van der Waals surface area contributed by atoms with Gasteiger partial charge in [-0.05, 0) is 49.9 Å². The summed E-state index contributed by atoms with van der Waals surface area (Å²) < 4.78 is 28.8. The smallest absolute Gasteiger partial charge is 0.230 e. The number of aromatic nitrogens is 3. The van der Waals surface area contributed by atoms with Crippen LogP contribution in [0.5, 0.6) is 0 Å². The molecule has 4 rings (SSSR count). The van der Waals surface area contributed by atoms with Crippen molar-refractivity contribution in [2.45, 2.75) is 31.1 Å². The summed E-state index contributed by atoms with van der Waals surface area (Å²) in [5.74, 6) is -1.20. The van der Waals surface area contributed by atoms with Crippen molar-refractivity contribution in [1.82, 2.24) is 20.1 Å². The molecule has 9 heteroatoms. The van der Waals surface area contributed by atoms with Gasteiger partial charge in [-0.3, -0.25) is 10.1 Å². The lowest BCUT2D eigenvalue weighted by Crippen LogP contribution is -2.27. The van der Waals surface area contributed by atoms with Crippen LogP contribution in [0.25, 0.3) is 0 Å². The van der Waals surface area contributed by atoms with E-state index in [9.17, 15) is 13.6 Å². The van der Waals surface area contributed by atoms with E-state index in [1.807, 2.05) is 0 Å². The van der Waals surface area contributed by atoms with Gasteiger partial charge in [0.05, 0.1) is 0 Å². The van der Waals surface area contributed by atoms with Gasteiger partial charge in [-0.1, -0.05) is 12.1 Å². The van der Waals surface area contributed by atoms with E-state index in [0.717, 1.165) is 37.8 Å². The zero-order valence-electron chi connectivity index (χ0n) is 14.9. The highest BCUT2D eigenvalue weighted by Crippen LogP contribution is 2.49. The summed E-state index contributed by atoms with van der Waals surface area (Å²) in [6.45, 7) is 1.88. The third kappa shape index (κ3) is 3.96. The van der Waals surface area contributed by atoms with Crippen LogP contribution in [0.3, 0.4) is 0 Å². The predicted octanol–water partition coefficient (Wildman–Crippen LogP) is 2.72. The molecule has 2 N–H and O–H groups in total. The molecule has 27 heavy (non-hydrogen) atoms. The average molecular weight is 398 g/mol. The molecule has 1 aromatic heterocycles. The SMILES string of the molecule is Cl.Cn1nc(C2CCNCC2)nc1NC(=O)C1CC1c1cccc(F)c1F. The first kappa shape index (κ1) is 19.7. The maximum atomic E-state index is 13.9. The highest BCUT2D eigenvalue weighted by Gasteiger charge is 2.46. The van der Waals surface area contributed by atoms with E-state index in [0.29, 0.717) is 18.3 Å². The molecule has 2 heterocycles. The molecular formula is C18H22ClF2N5O. The standard InChI is InChI=1S/C18H21F2N5O.ClH/c1-25-18(22-16(24-25)10-5-7-21-8-6-10)23-17(26)13-9-12(13)11-3-2-4-14(19)15(11)20;/h2-4,10,12-13,21H,5-9H2,1H3,(H,22,23,24,26);1H. The van der Waals surface area contributed by atoms with Crippen LogP contribution < -0.4 is 10.6 Å². The molecule has 2 fully saturated rings. The Labute approximate surface area is 162 Å². The van der Waals surface area contributed by atoms with Crippen LogP contribution >= 0.6 is 12.4 Å². The van der Waals surface area contributed by atoms with Crippen LogP contribution in [0.4, 0.5) is 14.7 Å².